The van der Waals surface area contributed by atoms with E-state index in [1.807, 2.05) is 0 Å². The molecule has 0 unspecified atom stereocenters. The van der Waals surface area contributed by atoms with Crippen molar-refractivity contribution in [3.63, 3.8) is 0 Å². The molecule has 1 aliphatic rings. The Hall–Kier alpha value is -2.75. The molecule has 0 radical (unpaired) electrons. The second-order valence-corrected chi connectivity index (χ2v) is 9.65. The van der Waals surface area contributed by atoms with Crippen molar-refractivity contribution < 1.29 is 27.5 Å². The molecular formula is C22H23ClN2O6S. The number of halogens is 1. The third-order valence-electron chi connectivity index (χ3n) is 4.93. The van der Waals surface area contributed by atoms with Crippen LogP contribution in [0.1, 0.15) is 36.0 Å². The fourth-order valence-electron chi connectivity index (χ4n) is 3.20. The highest BCUT2D eigenvalue weighted by molar-refractivity contribution is 7.89. The van der Waals surface area contributed by atoms with Gasteiger partial charge in [-0.3, -0.25) is 14.4 Å². The molecule has 1 heterocycles. The first-order valence-electron chi connectivity index (χ1n) is 10.1. The number of Topliss-reactive ketones (excluding diaryl/α,β-unsaturated/α-hetero) is 1. The molecule has 0 spiro atoms. The van der Waals surface area contributed by atoms with Crippen LogP contribution in [0.5, 0.6) is 0 Å². The molecule has 2 aromatic carbocycles. The van der Waals surface area contributed by atoms with Crippen LogP contribution < -0.4 is 5.32 Å². The van der Waals surface area contributed by atoms with E-state index in [1.165, 1.54) is 28.6 Å². The third kappa shape index (κ3) is 6.38. The number of nitrogens with zero attached hydrogens (tertiary/aromatic N) is 1. The summed E-state index contributed by atoms with van der Waals surface area (Å²) in [5.41, 5.74) is 0.819. The number of hydrogen-bond donors (Lipinski definition) is 1. The van der Waals surface area contributed by atoms with Crippen molar-refractivity contribution in [1.82, 2.24) is 4.31 Å². The fourth-order valence-corrected chi connectivity index (χ4v) is 4.84. The first-order valence-corrected chi connectivity index (χ1v) is 11.9. The normalized spacial score (nSPS) is 14.2. The molecule has 10 heteroatoms. The van der Waals surface area contributed by atoms with E-state index >= 15 is 0 Å². The molecule has 170 valence electrons. The van der Waals surface area contributed by atoms with Crippen LogP contribution in [0.15, 0.2) is 53.4 Å². The minimum atomic E-state index is -3.52. The molecule has 0 aromatic heterocycles. The zero-order valence-electron chi connectivity index (χ0n) is 17.3. The molecule has 1 aliphatic heterocycles. The van der Waals surface area contributed by atoms with Gasteiger partial charge in [-0.25, -0.2) is 8.42 Å². The van der Waals surface area contributed by atoms with Gasteiger partial charge in [-0.05, 0) is 61.4 Å². The van der Waals surface area contributed by atoms with Gasteiger partial charge < -0.3 is 10.1 Å². The van der Waals surface area contributed by atoms with Crippen molar-refractivity contribution in [2.45, 2.75) is 30.6 Å². The molecule has 2 aromatic rings. The number of ether oxygens (including phenoxy) is 1. The van der Waals surface area contributed by atoms with Crippen LogP contribution in [-0.4, -0.2) is 50.1 Å². The Morgan fingerprint density at radius 3 is 2.19 bits per heavy atom. The number of nitrogens with one attached hydrogen (secondary N) is 1. The van der Waals surface area contributed by atoms with Gasteiger partial charge in [-0.15, -0.1) is 0 Å². The number of amides is 1. The molecule has 8 nitrogen and oxygen atoms in total. The van der Waals surface area contributed by atoms with E-state index in [-0.39, 0.29) is 23.5 Å². The molecule has 3 rings (SSSR count). The number of hydrogen-bond acceptors (Lipinski definition) is 6. The van der Waals surface area contributed by atoms with Crippen LogP contribution in [0, 0.1) is 0 Å². The Kier molecular flexibility index (Phi) is 8.00. The summed E-state index contributed by atoms with van der Waals surface area (Å²) in [5.74, 6) is -1.47. The number of anilines is 1. The van der Waals surface area contributed by atoms with Gasteiger partial charge in [-0.1, -0.05) is 11.6 Å². The lowest BCUT2D eigenvalue weighted by Crippen LogP contribution is -2.27. The second-order valence-electron chi connectivity index (χ2n) is 7.27. The molecule has 0 bridgehead atoms. The van der Waals surface area contributed by atoms with E-state index in [9.17, 15) is 22.8 Å². The lowest BCUT2D eigenvalue weighted by atomic mass is 10.1. The van der Waals surface area contributed by atoms with Crippen LogP contribution in [0.2, 0.25) is 5.02 Å². The van der Waals surface area contributed by atoms with Gasteiger partial charge in [0.05, 0.1) is 11.3 Å². The predicted octanol–water partition coefficient (Wildman–Crippen LogP) is 3.27. The highest BCUT2D eigenvalue weighted by Crippen LogP contribution is 2.22. The highest BCUT2D eigenvalue weighted by atomic mass is 35.5. The van der Waals surface area contributed by atoms with Crippen molar-refractivity contribution in [2.24, 2.45) is 0 Å². The van der Waals surface area contributed by atoms with Crippen LogP contribution in [0.4, 0.5) is 5.69 Å². The fraction of sp³-hybridized carbons (Fsp3) is 0.318. The summed E-state index contributed by atoms with van der Waals surface area (Å²) in [6.45, 7) is 0.511. The summed E-state index contributed by atoms with van der Waals surface area (Å²) in [4.78, 5) is 36.0. The molecule has 1 N–H and O–H groups in total. The molecule has 0 saturated carbocycles. The number of ketones is 1. The maximum atomic E-state index is 12.5. The minimum Gasteiger partial charge on any atom is -0.456 e. The van der Waals surface area contributed by atoms with Crippen molar-refractivity contribution in [3.05, 3.63) is 59.1 Å². The van der Waals surface area contributed by atoms with E-state index in [2.05, 4.69) is 5.32 Å². The van der Waals surface area contributed by atoms with Gasteiger partial charge in [0, 0.05) is 35.8 Å². The quantitative estimate of drug-likeness (QED) is 0.437. The summed E-state index contributed by atoms with van der Waals surface area (Å²) in [5, 5.41) is 3.05. The zero-order valence-corrected chi connectivity index (χ0v) is 18.8. The monoisotopic (exact) mass is 478 g/mol. The highest BCUT2D eigenvalue weighted by Gasteiger charge is 2.26. The number of esters is 1. The number of rotatable bonds is 9. The van der Waals surface area contributed by atoms with Gasteiger partial charge in [0.25, 0.3) is 5.91 Å². The van der Waals surface area contributed by atoms with Gasteiger partial charge in [0.2, 0.25) is 10.0 Å². The molecule has 1 saturated heterocycles. The standard InChI is InChI=1S/C22H23ClN2O6S/c23-17-5-3-16(4-6-17)20(26)11-12-22(28)31-15-21(27)24-18-7-9-19(10-8-18)32(29,30)25-13-1-2-14-25/h3-10H,1-2,11-15H2,(H,24,27). The van der Waals surface area contributed by atoms with Crippen LogP contribution in [0.3, 0.4) is 0 Å². The first kappa shape index (κ1) is 23.9. The lowest BCUT2D eigenvalue weighted by Gasteiger charge is -2.15. The van der Waals surface area contributed by atoms with E-state index in [0.29, 0.717) is 29.4 Å². The average Bonchev–Trinajstić information content (AvgIpc) is 3.33. The Labute approximate surface area is 191 Å². The van der Waals surface area contributed by atoms with Crippen molar-refractivity contribution in [1.29, 1.82) is 0 Å². The van der Waals surface area contributed by atoms with Crippen molar-refractivity contribution >= 4 is 45.0 Å². The maximum Gasteiger partial charge on any atom is 0.306 e. The Morgan fingerprint density at radius 2 is 1.56 bits per heavy atom. The largest absolute Gasteiger partial charge is 0.456 e. The maximum absolute atomic E-state index is 12.5. The number of carbonyl (C=O) groups is 3. The van der Waals surface area contributed by atoms with Gasteiger partial charge in [0.15, 0.2) is 12.4 Å². The van der Waals surface area contributed by atoms with E-state index in [1.54, 1.807) is 24.3 Å². The molecule has 1 amide bonds. The molecule has 0 aliphatic carbocycles. The molecular weight excluding hydrogens is 456 g/mol. The first-order chi connectivity index (χ1) is 15.3. The number of sulfonamides is 1. The summed E-state index contributed by atoms with van der Waals surface area (Å²) < 4.78 is 31.4. The zero-order chi connectivity index (χ0) is 23.1. The Balaban J connectivity index is 1.42. The Bertz CT molecular complexity index is 1080. The van der Waals surface area contributed by atoms with Crippen LogP contribution >= 0.6 is 11.6 Å². The summed E-state index contributed by atoms with van der Waals surface area (Å²) in [6.07, 6.45) is 1.50. The molecule has 32 heavy (non-hydrogen) atoms. The summed E-state index contributed by atoms with van der Waals surface area (Å²) >= 11 is 5.78. The third-order valence-corrected chi connectivity index (χ3v) is 7.09. The van der Waals surface area contributed by atoms with E-state index < -0.39 is 28.5 Å². The SMILES string of the molecule is O=C(COC(=O)CCC(=O)c1ccc(Cl)cc1)Nc1ccc(S(=O)(=O)N2CCCC2)cc1. The van der Waals surface area contributed by atoms with Gasteiger partial charge in [-0.2, -0.15) is 4.31 Å². The van der Waals surface area contributed by atoms with Crippen molar-refractivity contribution in [3.8, 4) is 0 Å². The molecule has 1 fully saturated rings. The molecule has 0 atom stereocenters. The number of benzene rings is 2. The average molecular weight is 479 g/mol. The van der Waals surface area contributed by atoms with Gasteiger partial charge >= 0.3 is 5.97 Å². The topological polar surface area (TPSA) is 110 Å². The predicted molar refractivity (Wildman–Crippen MR) is 119 cm³/mol. The van der Waals surface area contributed by atoms with Crippen molar-refractivity contribution in [2.75, 3.05) is 25.0 Å². The second kappa shape index (κ2) is 10.7. The van der Waals surface area contributed by atoms with Crippen LogP contribution in [0.25, 0.3) is 0 Å². The van der Waals surface area contributed by atoms with Gasteiger partial charge in [0.1, 0.15) is 0 Å². The summed E-state index contributed by atoms with van der Waals surface area (Å²) in [7, 11) is -3.52. The minimum absolute atomic E-state index is 0.0466. The van der Waals surface area contributed by atoms with Crippen LogP contribution in [-0.2, 0) is 24.3 Å². The van der Waals surface area contributed by atoms with E-state index in [4.69, 9.17) is 16.3 Å². The summed E-state index contributed by atoms with van der Waals surface area (Å²) in [6, 6.07) is 12.1. The van der Waals surface area contributed by atoms with E-state index in [0.717, 1.165) is 12.8 Å². The lowest BCUT2D eigenvalue weighted by molar-refractivity contribution is -0.147. The Morgan fingerprint density at radius 1 is 0.938 bits per heavy atom. The number of carbonyl (C=O) groups excluding carboxylic acids is 3. The smallest absolute Gasteiger partial charge is 0.306 e.